The minimum Gasteiger partial charge on any atom is -0.354 e. The number of hydrogen-bond acceptors (Lipinski definition) is 3. The maximum absolute atomic E-state index is 11.9. The number of fused-ring (bicyclic) bond motifs is 1. The molecule has 2 aromatic rings. The average Bonchev–Trinajstić information content (AvgIpc) is 2.99. The van der Waals surface area contributed by atoms with Gasteiger partial charge >= 0.3 is 0 Å². The van der Waals surface area contributed by atoms with Crippen LogP contribution in [-0.4, -0.2) is 28.0 Å². The molecule has 1 N–H and O–H groups in total. The number of thioether (sulfide) groups is 1. The molecule has 122 valence electrons. The molecule has 0 saturated carbocycles. The van der Waals surface area contributed by atoms with Gasteiger partial charge in [-0.3, -0.25) is 9.48 Å². The summed E-state index contributed by atoms with van der Waals surface area (Å²) in [5.41, 5.74) is 4.01. The lowest BCUT2D eigenvalue weighted by Crippen LogP contribution is -2.29. The molecule has 0 spiro atoms. The Labute approximate surface area is 141 Å². The third kappa shape index (κ3) is 4.61. The van der Waals surface area contributed by atoms with Crippen molar-refractivity contribution >= 4 is 17.7 Å². The van der Waals surface area contributed by atoms with Crippen molar-refractivity contribution < 1.29 is 4.79 Å². The Balaban J connectivity index is 1.35. The first-order chi connectivity index (χ1) is 11.3. The number of hydrogen-bond donors (Lipinski definition) is 1. The fourth-order valence-corrected chi connectivity index (χ4v) is 3.75. The summed E-state index contributed by atoms with van der Waals surface area (Å²) >= 11 is 1.65. The largest absolute Gasteiger partial charge is 0.354 e. The van der Waals surface area contributed by atoms with Gasteiger partial charge in [0, 0.05) is 18.0 Å². The van der Waals surface area contributed by atoms with Crippen LogP contribution in [0.25, 0.3) is 0 Å². The molecule has 0 radical (unpaired) electrons. The maximum atomic E-state index is 11.9. The standard InChI is InChI=1S/C18H23N3OS/c22-18(14-23-13-15-6-2-1-3-7-15)19-10-11-21-17-9-5-4-8-16(17)12-20-21/h1-3,6-7,12H,4-5,8-11,13-14H2,(H,19,22). The Hall–Kier alpha value is -1.75. The Kier molecular flexibility index (Phi) is 5.75. The topological polar surface area (TPSA) is 46.9 Å². The minimum atomic E-state index is 0.104. The van der Waals surface area contributed by atoms with Crippen LogP contribution in [-0.2, 0) is 29.9 Å². The van der Waals surface area contributed by atoms with Crippen LogP contribution in [0.4, 0.5) is 0 Å². The highest BCUT2D eigenvalue weighted by atomic mass is 32.2. The average molecular weight is 329 g/mol. The number of aromatic nitrogens is 2. The van der Waals surface area contributed by atoms with E-state index < -0.39 is 0 Å². The molecular formula is C18H23N3OS. The molecule has 0 bridgehead atoms. The lowest BCUT2D eigenvalue weighted by molar-refractivity contribution is -0.118. The number of carbonyl (C=O) groups excluding carboxylic acids is 1. The Morgan fingerprint density at radius 2 is 2.04 bits per heavy atom. The van der Waals surface area contributed by atoms with Crippen LogP contribution >= 0.6 is 11.8 Å². The Bertz CT molecular complexity index is 639. The van der Waals surface area contributed by atoms with Gasteiger partial charge in [-0.05, 0) is 36.8 Å². The SMILES string of the molecule is O=C(CSCc1ccccc1)NCCn1ncc2c1CCCC2. The summed E-state index contributed by atoms with van der Waals surface area (Å²) in [6.45, 7) is 1.42. The van der Waals surface area contributed by atoms with E-state index in [1.165, 1.54) is 29.7 Å². The fourth-order valence-electron chi connectivity index (χ4n) is 2.94. The normalized spacial score (nSPS) is 13.6. The molecule has 0 unspecified atom stereocenters. The van der Waals surface area contributed by atoms with E-state index in [0.29, 0.717) is 12.3 Å². The number of aryl methyl sites for hydroxylation is 1. The van der Waals surface area contributed by atoms with Gasteiger partial charge in [0.05, 0.1) is 18.5 Å². The summed E-state index contributed by atoms with van der Waals surface area (Å²) in [6, 6.07) is 10.2. The number of benzene rings is 1. The first kappa shape index (κ1) is 16.1. The molecule has 0 fully saturated rings. The lowest BCUT2D eigenvalue weighted by Gasteiger charge is -2.14. The van der Waals surface area contributed by atoms with E-state index in [1.807, 2.05) is 24.4 Å². The van der Waals surface area contributed by atoms with Gasteiger partial charge in [0.1, 0.15) is 0 Å². The molecule has 1 aromatic carbocycles. The molecule has 1 amide bonds. The number of nitrogens with one attached hydrogen (secondary N) is 1. The highest BCUT2D eigenvalue weighted by Crippen LogP contribution is 2.20. The van der Waals surface area contributed by atoms with E-state index in [9.17, 15) is 4.79 Å². The van der Waals surface area contributed by atoms with Crippen LogP contribution in [0.1, 0.15) is 29.7 Å². The zero-order valence-electron chi connectivity index (χ0n) is 13.3. The van der Waals surface area contributed by atoms with E-state index in [1.54, 1.807) is 11.8 Å². The summed E-state index contributed by atoms with van der Waals surface area (Å²) in [6.07, 6.45) is 6.79. The second-order valence-corrected chi connectivity index (χ2v) is 6.86. The third-order valence-corrected chi connectivity index (χ3v) is 5.14. The quantitative estimate of drug-likeness (QED) is 0.850. The zero-order valence-corrected chi connectivity index (χ0v) is 14.1. The maximum Gasteiger partial charge on any atom is 0.230 e. The van der Waals surface area contributed by atoms with E-state index in [0.717, 1.165) is 25.1 Å². The summed E-state index contributed by atoms with van der Waals surface area (Å²) in [5.74, 6) is 1.49. The summed E-state index contributed by atoms with van der Waals surface area (Å²) in [7, 11) is 0. The molecule has 23 heavy (non-hydrogen) atoms. The first-order valence-corrected chi connectivity index (χ1v) is 9.40. The van der Waals surface area contributed by atoms with Gasteiger partial charge in [0.15, 0.2) is 0 Å². The predicted molar refractivity (Wildman–Crippen MR) is 94.5 cm³/mol. The predicted octanol–water partition coefficient (Wildman–Crippen LogP) is 2.81. The number of amides is 1. The second kappa shape index (κ2) is 8.20. The van der Waals surface area contributed by atoms with Gasteiger partial charge in [0.2, 0.25) is 5.91 Å². The molecule has 3 rings (SSSR count). The lowest BCUT2D eigenvalue weighted by atomic mass is 9.98. The second-order valence-electron chi connectivity index (χ2n) is 5.88. The summed E-state index contributed by atoms with van der Waals surface area (Å²) in [5, 5.41) is 7.45. The fraction of sp³-hybridized carbons (Fsp3) is 0.444. The first-order valence-electron chi connectivity index (χ1n) is 8.25. The Morgan fingerprint density at radius 3 is 2.91 bits per heavy atom. The van der Waals surface area contributed by atoms with Crippen LogP contribution in [0, 0.1) is 0 Å². The monoisotopic (exact) mass is 329 g/mol. The molecule has 1 aliphatic rings. The van der Waals surface area contributed by atoms with Crippen molar-refractivity contribution in [3.05, 3.63) is 53.3 Å². The van der Waals surface area contributed by atoms with Crippen LogP contribution < -0.4 is 5.32 Å². The van der Waals surface area contributed by atoms with Gasteiger partial charge in [-0.1, -0.05) is 30.3 Å². The van der Waals surface area contributed by atoms with E-state index in [2.05, 4.69) is 27.2 Å². The van der Waals surface area contributed by atoms with Crippen molar-refractivity contribution in [3.63, 3.8) is 0 Å². The van der Waals surface area contributed by atoms with E-state index in [4.69, 9.17) is 0 Å². The van der Waals surface area contributed by atoms with Crippen LogP contribution in [0.2, 0.25) is 0 Å². The molecule has 1 aliphatic carbocycles. The molecule has 0 atom stereocenters. The van der Waals surface area contributed by atoms with Crippen molar-refractivity contribution in [3.8, 4) is 0 Å². The molecular weight excluding hydrogens is 306 g/mol. The molecule has 0 aliphatic heterocycles. The zero-order chi connectivity index (χ0) is 15.9. The molecule has 0 saturated heterocycles. The minimum absolute atomic E-state index is 0.104. The summed E-state index contributed by atoms with van der Waals surface area (Å²) < 4.78 is 2.06. The third-order valence-electron chi connectivity index (χ3n) is 4.14. The van der Waals surface area contributed by atoms with Gasteiger partial charge in [-0.25, -0.2) is 0 Å². The molecule has 1 heterocycles. The smallest absolute Gasteiger partial charge is 0.230 e. The highest BCUT2D eigenvalue weighted by molar-refractivity contribution is 7.99. The molecule has 1 aromatic heterocycles. The van der Waals surface area contributed by atoms with Crippen LogP contribution in [0.3, 0.4) is 0 Å². The number of carbonyl (C=O) groups is 1. The van der Waals surface area contributed by atoms with Crippen molar-refractivity contribution in [2.24, 2.45) is 0 Å². The van der Waals surface area contributed by atoms with Crippen LogP contribution in [0.15, 0.2) is 36.5 Å². The van der Waals surface area contributed by atoms with Crippen molar-refractivity contribution in [1.29, 1.82) is 0 Å². The van der Waals surface area contributed by atoms with Crippen molar-refractivity contribution in [2.45, 2.75) is 38.0 Å². The molecule has 5 heteroatoms. The van der Waals surface area contributed by atoms with Gasteiger partial charge in [-0.2, -0.15) is 5.10 Å². The van der Waals surface area contributed by atoms with Crippen molar-refractivity contribution in [2.75, 3.05) is 12.3 Å². The van der Waals surface area contributed by atoms with Gasteiger partial charge < -0.3 is 5.32 Å². The molecule has 4 nitrogen and oxygen atoms in total. The Morgan fingerprint density at radius 1 is 1.22 bits per heavy atom. The van der Waals surface area contributed by atoms with Crippen LogP contribution in [0.5, 0.6) is 0 Å². The number of rotatable bonds is 7. The summed E-state index contributed by atoms with van der Waals surface area (Å²) in [4.78, 5) is 11.9. The van der Waals surface area contributed by atoms with E-state index in [-0.39, 0.29) is 5.91 Å². The van der Waals surface area contributed by atoms with E-state index >= 15 is 0 Å². The van der Waals surface area contributed by atoms with Crippen molar-refractivity contribution in [1.82, 2.24) is 15.1 Å². The number of nitrogens with zero attached hydrogens (tertiary/aromatic N) is 2. The van der Waals surface area contributed by atoms with Gasteiger partial charge in [0.25, 0.3) is 0 Å². The highest BCUT2D eigenvalue weighted by Gasteiger charge is 2.14. The van der Waals surface area contributed by atoms with Gasteiger partial charge in [-0.15, -0.1) is 11.8 Å².